The van der Waals surface area contributed by atoms with Gasteiger partial charge in [0.1, 0.15) is 18.2 Å². The maximum atomic E-state index is 12.9. The van der Waals surface area contributed by atoms with E-state index < -0.39 is 45.9 Å². The predicted octanol–water partition coefficient (Wildman–Crippen LogP) is 1.57. The van der Waals surface area contributed by atoms with Crippen molar-refractivity contribution in [2.45, 2.75) is 25.5 Å². The lowest BCUT2D eigenvalue weighted by Crippen LogP contribution is -2.46. The fraction of sp³-hybridized carbons (Fsp3) is 0.200. The highest BCUT2D eigenvalue weighted by atomic mass is 16.6. The lowest BCUT2D eigenvalue weighted by atomic mass is 10.1. The number of esters is 1. The SMILES string of the molecule is NC(=O)CC[C@@H](C(=O)OCc1ccccc1)N1C(=O)c2cccc([N+](=O)[O-])c2C1=O. The van der Waals surface area contributed by atoms with Gasteiger partial charge in [-0.05, 0) is 18.1 Å². The van der Waals surface area contributed by atoms with Gasteiger partial charge in [-0.2, -0.15) is 0 Å². The maximum absolute atomic E-state index is 12.9. The van der Waals surface area contributed by atoms with Crippen molar-refractivity contribution >= 4 is 29.4 Å². The number of nitro benzene ring substituents is 1. The number of hydrogen-bond acceptors (Lipinski definition) is 7. The molecule has 2 aromatic rings. The average molecular weight is 411 g/mol. The van der Waals surface area contributed by atoms with E-state index in [9.17, 15) is 29.3 Å². The van der Waals surface area contributed by atoms with Gasteiger partial charge < -0.3 is 10.5 Å². The second-order valence-corrected chi connectivity index (χ2v) is 6.55. The van der Waals surface area contributed by atoms with Gasteiger partial charge >= 0.3 is 5.97 Å². The molecule has 1 atom stereocenters. The molecular formula is C20H17N3O7. The number of nitrogens with zero attached hydrogens (tertiary/aromatic N) is 2. The molecule has 0 fully saturated rings. The van der Waals surface area contributed by atoms with Gasteiger partial charge in [-0.15, -0.1) is 0 Å². The molecule has 0 saturated carbocycles. The summed E-state index contributed by atoms with van der Waals surface area (Å²) < 4.78 is 5.24. The van der Waals surface area contributed by atoms with Gasteiger partial charge in [-0.25, -0.2) is 4.79 Å². The molecule has 0 radical (unpaired) electrons. The molecule has 2 N–H and O–H groups in total. The van der Waals surface area contributed by atoms with Crippen molar-refractivity contribution < 1.29 is 28.8 Å². The Kier molecular flexibility index (Phi) is 5.86. The molecule has 10 nitrogen and oxygen atoms in total. The molecule has 0 aliphatic carbocycles. The summed E-state index contributed by atoms with van der Waals surface area (Å²) in [7, 11) is 0. The number of carbonyl (C=O) groups excluding carboxylic acids is 4. The molecule has 1 aliphatic heterocycles. The molecule has 0 unspecified atom stereocenters. The zero-order valence-corrected chi connectivity index (χ0v) is 15.6. The van der Waals surface area contributed by atoms with E-state index in [1.54, 1.807) is 30.3 Å². The number of hydrogen-bond donors (Lipinski definition) is 1. The molecule has 1 heterocycles. The molecule has 0 spiro atoms. The summed E-state index contributed by atoms with van der Waals surface area (Å²) in [6.45, 7) is -0.115. The van der Waals surface area contributed by atoms with Gasteiger partial charge in [0.25, 0.3) is 17.5 Å². The first kappa shape index (κ1) is 20.6. The summed E-state index contributed by atoms with van der Waals surface area (Å²) in [5.74, 6) is -3.52. The van der Waals surface area contributed by atoms with Gasteiger partial charge in [-0.1, -0.05) is 36.4 Å². The highest BCUT2D eigenvalue weighted by Crippen LogP contribution is 2.33. The van der Waals surface area contributed by atoms with E-state index in [4.69, 9.17) is 10.5 Å². The van der Waals surface area contributed by atoms with Crippen LogP contribution >= 0.6 is 0 Å². The quantitative estimate of drug-likeness (QED) is 0.300. The Bertz CT molecular complexity index is 1040. The zero-order valence-electron chi connectivity index (χ0n) is 15.6. The Hall–Kier alpha value is -4.08. The van der Waals surface area contributed by atoms with Crippen LogP contribution in [0.1, 0.15) is 39.1 Å². The monoisotopic (exact) mass is 411 g/mol. The Labute approximate surface area is 170 Å². The number of primary amides is 1. The van der Waals surface area contributed by atoms with Crippen molar-refractivity contribution in [3.05, 3.63) is 75.3 Å². The van der Waals surface area contributed by atoms with Crippen LogP contribution in [0.3, 0.4) is 0 Å². The fourth-order valence-electron chi connectivity index (χ4n) is 3.18. The Morgan fingerprint density at radius 2 is 1.77 bits per heavy atom. The first-order valence-corrected chi connectivity index (χ1v) is 8.95. The number of ether oxygens (including phenoxy) is 1. The minimum Gasteiger partial charge on any atom is -0.459 e. The summed E-state index contributed by atoms with van der Waals surface area (Å²) in [5, 5.41) is 11.3. The van der Waals surface area contributed by atoms with E-state index in [-0.39, 0.29) is 25.0 Å². The standard InChI is InChI=1S/C20H17N3O7/c21-16(24)10-9-15(20(27)30-11-12-5-2-1-3-6-12)22-18(25)13-7-4-8-14(23(28)29)17(13)19(22)26/h1-8,15H,9-11H2,(H2,21,24)/t15-/m0/s1. The van der Waals surface area contributed by atoms with Crippen molar-refractivity contribution in [2.75, 3.05) is 0 Å². The first-order chi connectivity index (χ1) is 14.3. The molecule has 0 bridgehead atoms. The van der Waals surface area contributed by atoms with E-state index in [1.165, 1.54) is 12.1 Å². The van der Waals surface area contributed by atoms with Crippen LogP contribution in [0.25, 0.3) is 0 Å². The molecular weight excluding hydrogens is 394 g/mol. The third-order valence-electron chi connectivity index (χ3n) is 4.59. The minimum atomic E-state index is -1.45. The molecule has 0 aromatic heterocycles. The van der Waals surface area contributed by atoms with E-state index in [0.29, 0.717) is 10.5 Å². The Morgan fingerprint density at radius 3 is 2.40 bits per heavy atom. The van der Waals surface area contributed by atoms with Crippen molar-refractivity contribution in [1.82, 2.24) is 4.90 Å². The van der Waals surface area contributed by atoms with E-state index >= 15 is 0 Å². The second-order valence-electron chi connectivity index (χ2n) is 6.55. The molecule has 30 heavy (non-hydrogen) atoms. The van der Waals surface area contributed by atoms with E-state index in [1.807, 2.05) is 0 Å². The number of amides is 3. The van der Waals surface area contributed by atoms with Crippen LogP contribution in [0.5, 0.6) is 0 Å². The number of rotatable bonds is 8. The van der Waals surface area contributed by atoms with Crippen LogP contribution in [0.15, 0.2) is 48.5 Å². The lowest BCUT2D eigenvalue weighted by molar-refractivity contribution is -0.385. The third kappa shape index (κ3) is 4.02. The van der Waals surface area contributed by atoms with Crippen LogP contribution in [0, 0.1) is 10.1 Å². The lowest BCUT2D eigenvalue weighted by Gasteiger charge is -2.24. The fourth-order valence-corrected chi connectivity index (χ4v) is 3.18. The number of nitrogens with two attached hydrogens (primary N) is 1. The normalized spacial score (nSPS) is 13.7. The topological polar surface area (TPSA) is 150 Å². The minimum absolute atomic E-state index is 0.115. The van der Waals surface area contributed by atoms with E-state index in [2.05, 4.69) is 0 Å². The van der Waals surface area contributed by atoms with Crippen molar-refractivity contribution in [3.8, 4) is 0 Å². The number of imide groups is 1. The van der Waals surface area contributed by atoms with Crippen LogP contribution < -0.4 is 5.73 Å². The van der Waals surface area contributed by atoms with Crippen LogP contribution in [0.4, 0.5) is 5.69 Å². The predicted molar refractivity (Wildman–Crippen MR) is 102 cm³/mol. The molecule has 1 aliphatic rings. The number of carbonyl (C=O) groups is 4. The maximum Gasteiger partial charge on any atom is 0.329 e. The number of benzene rings is 2. The highest BCUT2D eigenvalue weighted by molar-refractivity contribution is 6.24. The van der Waals surface area contributed by atoms with Crippen LogP contribution in [0.2, 0.25) is 0 Å². The molecule has 154 valence electrons. The first-order valence-electron chi connectivity index (χ1n) is 8.95. The molecule has 2 aromatic carbocycles. The van der Waals surface area contributed by atoms with Gasteiger partial charge in [0, 0.05) is 12.5 Å². The summed E-state index contributed by atoms with van der Waals surface area (Å²) >= 11 is 0. The van der Waals surface area contributed by atoms with Gasteiger partial charge in [0.2, 0.25) is 5.91 Å². The van der Waals surface area contributed by atoms with Gasteiger partial charge in [-0.3, -0.25) is 29.4 Å². The van der Waals surface area contributed by atoms with Crippen molar-refractivity contribution in [2.24, 2.45) is 5.73 Å². The largest absolute Gasteiger partial charge is 0.459 e. The third-order valence-corrected chi connectivity index (χ3v) is 4.59. The Morgan fingerprint density at radius 1 is 1.07 bits per heavy atom. The van der Waals surface area contributed by atoms with Crippen molar-refractivity contribution in [3.63, 3.8) is 0 Å². The second kappa shape index (κ2) is 8.52. The average Bonchev–Trinajstić information content (AvgIpc) is 2.98. The smallest absolute Gasteiger partial charge is 0.329 e. The van der Waals surface area contributed by atoms with Gasteiger partial charge in [0.05, 0.1) is 10.5 Å². The summed E-state index contributed by atoms with van der Waals surface area (Å²) in [6, 6.07) is 10.9. The van der Waals surface area contributed by atoms with E-state index in [0.717, 1.165) is 6.07 Å². The highest BCUT2D eigenvalue weighted by Gasteiger charge is 2.46. The molecule has 0 saturated heterocycles. The van der Waals surface area contributed by atoms with Gasteiger partial charge in [0.15, 0.2) is 0 Å². The summed E-state index contributed by atoms with van der Waals surface area (Å²) in [5.41, 5.74) is 4.71. The summed E-state index contributed by atoms with van der Waals surface area (Å²) in [6.07, 6.45) is -0.553. The van der Waals surface area contributed by atoms with Crippen LogP contribution in [-0.4, -0.2) is 39.6 Å². The molecule has 3 rings (SSSR count). The number of fused-ring (bicyclic) bond motifs is 1. The molecule has 10 heteroatoms. The summed E-state index contributed by atoms with van der Waals surface area (Å²) in [4.78, 5) is 60.7. The Balaban J connectivity index is 1.90. The molecule has 3 amide bonds. The number of nitro groups is 1. The van der Waals surface area contributed by atoms with Crippen molar-refractivity contribution in [1.29, 1.82) is 0 Å². The zero-order chi connectivity index (χ0) is 21.8. The van der Waals surface area contributed by atoms with Crippen LogP contribution in [-0.2, 0) is 20.9 Å².